The normalized spacial score (nSPS) is 26.4. The molecule has 2 aromatic carbocycles. The molecule has 10 rings (SSSR count). The Morgan fingerprint density at radius 1 is 0.497 bits per heavy atom. The number of hydrogen-bond acceptors (Lipinski definition) is 31. The summed E-state index contributed by atoms with van der Waals surface area (Å²) in [6.07, 6.45) is -8.52. The van der Waals surface area contributed by atoms with Gasteiger partial charge in [0, 0.05) is 118 Å². The van der Waals surface area contributed by atoms with Gasteiger partial charge in [0.15, 0.2) is 23.1 Å². The van der Waals surface area contributed by atoms with E-state index in [0.29, 0.717) is 55.8 Å². The molecule has 6 unspecified atom stereocenters. The predicted molar refractivity (Wildman–Crippen MR) is 539 cm³/mol. The summed E-state index contributed by atoms with van der Waals surface area (Å²) in [6, 6.07) is -4.20. The summed E-state index contributed by atoms with van der Waals surface area (Å²) < 4.78 is 34.7. The van der Waals surface area contributed by atoms with E-state index in [1.54, 1.807) is 48.5 Å². The number of carboxylic acids is 1. The number of benzene rings is 2. The number of carbonyl (C=O) groups is 19. The Bertz CT molecular complexity index is 5460. The maximum absolute atomic E-state index is 14.9. The van der Waals surface area contributed by atoms with E-state index in [0.717, 1.165) is 22.8 Å². The Morgan fingerprint density at radius 3 is 1.22 bits per heavy atom. The van der Waals surface area contributed by atoms with Gasteiger partial charge in [-0.3, -0.25) is 94.7 Å². The number of nitrogens with two attached hydrogens (primary N) is 1. The first-order valence-electron chi connectivity index (χ1n) is 49.1. The van der Waals surface area contributed by atoms with Crippen LogP contribution in [0.1, 0.15) is 177 Å². The third kappa shape index (κ3) is 35.0. The van der Waals surface area contributed by atoms with E-state index in [2.05, 4.69) is 80.7 Å². The van der Waals surface area contributed by atoms with E-state index in [-0.39, 0.29) is 80.7 Å². The lowest BCUT2D eigenvalue weighted by Crippen LogP contribution is -2.56. The van der Waals surface area contributed by atoms with Crippen LogP contribution >= 0.6 is 24.0 Å². The highest BCUT2D eigenvalue weighted by Gasteiger charge is 2.49. The number of aliphatic hydroxyl groups is 6. The van der Waals surface area contributed by atoms with Crippen molar-refractivity contribution in [2.75, 3.05) is 83.6 Å². The molecule has 2 aromatic heterocycles. The van der Waals surface area contributed by atoms with Crippen LogP contribution in [0.4, 0.5) is 4.79 Å². The average molecular weight is 2220 g/mol. The number of phenolic OH excluding ortho intramolecular Hbond substituents is 2. The van der Waals surface area contributed by atoms with Gasteiger partial charge in [-0.05, 0) is 107 Å². The highest BCUT2D eigenvalue weighted by Crippen LogP contribution is 2.37. The molecular formula is C96H142IN17O31S2. The summed E-state index contributed by atoms with van der Waals surface area (Å²) in [5.74, 6) is -28.3. The number of ether oxygens (including phenoxy) is 1. The van der Waals surface area contributed by atoms with Crippen LogP contribution in [0.3, 0.4) is 0 Å². The molecule has 0 radical (unpaired) electrons. The minimum atomic E-state index is -2.34. The van der Waals surface area contributed by atoms with Crippen molar-refractivity contribution in [3.8, 4) is 11.5 Å². The number of H-pyrrole nitrogens is 2. The van der Waals surface area contributed by atoms with E-state index >= 15 is 0 Å². The fraction of sp³-hybridized carbons (Fsp3) is 0.635. The smallest absolute Gasteiger partial charge is 0.407 e. The fourth-order valence-corrected chi connectivity index (χ4v) is 20.7. The molecule has 48 nitrogen and oxygen atoms in total. The number of Topliss-reactive ketones (excluding diaryl/α,β-unsaturated/α-hetero) is 4. The lowest BCUT2D eigenvalue weighted by atomic mass is 9.85. The zero-order valence-corrected chi connectivity index (χ0v) is 87.9. The highest BCUT2D eigenvalue weighted by molar-refractivity contribution is 14.0. The summed E-state index contributed by atoms with van der Waals surface area (Å²) in [6.45, 7) is 12.5. The Labute approximate surface area is 870 Å². The number of ketones is 4. The number of aromatic amines is 2. The zero-order valence-electron chi connectivity index (χ0n) is 83.9. The molecule has 51 heteroatoms. The third-order valence-corrected chi connectivity index (χ3v) is 29.5. The predicted octanol–water partition coefficient (Wildman–Crippen LogP) is -3.19. The fourth-order valence-electron chi connectivity index (χ4n) is 17.9. The Kier molecular flexibility index (Phi) is 47.6. The minimum absolute atomic E-state index is 0. The largest absolute Gasteiger partial charge is 0.508 e. The van der Waals surface area contributed by atoms with Gasteiger partial charge in [-0.2, -0.15) is 0 Å². The van der Waals surface area contributed by atoms with E-state index in [1.807, 2.05) is 0 Å². The van der Waals surface area contributed by atoms with E-state index in [4.69, 9.17) is 10.5 Å². The monoisotopic (exact) mass is 2220 g/mol. The van der Waals surface area contributed by atoms with Crippen molar-refractivity contribution < 1.29 is 150 Å². The molecule has 4 bridgehead atoms. The molecule has 14 amide bonds. The van der Waals surface area contributed by atoms with Gasteiger partial charge in [0.25, 0.3) is 0 Å². The zero-order chi connectivity index (χ0) is 108. The van der Waals surface area contributed by atoms with Crippen LogP contribution < -0.4 is 69.5 Å². The molecule has 8 heterocycles. The first-order chi connectivity index (χ1) is 68.9. The lowest BCUT2D eigenvalue weighted by molar-refractivity contribution is -0.148. The molecule has 2 fully saturated rings. The maximum atomic E-state index is 14.9. The molecule has 6 aliphatic heterocycles. The molecule has 147 heavy (non-hydrogen) atoms. The van der Waals surface area contributed by atoms with Crippen LogP contribution in [-0.4, -0.2) is 348 Å². The number of rotatable bonds is 22. The van der Waals surface area contributed by atoms with Crippen molar-refractivity contribution in [2.24, 2.45) is 53.1 Å². The van der Waals surface area contributed by atoms with Crippen LogP contribution in [0, 0.1) is 47.3 Å². The number of fused-ring (bicyclic) bond motifs is 10. The lowest BCUT2D eigenvalue weighted by Gasteiger charge is -2.32. The van der Waals surface area contributed by atoms with Crippen molar-refractivity contribution in [3.05, 3.63) is 47.5 Å². The number of aliphatic carboxylic acids is 1. The maximum Gasteiger partial charge on any atom is 0.407 e. The molecule has 25 N–H and O–H groups in total. The van der Waals surface area contributed by atoms with Gasteiger partial charge < -0.3 is 140 Å². The summed E-state index contributed by atoms with van der Waals surface area (Å²) in [5, 5.41) is 125. The van der Waals surface area contributed by atoms with Crippen molar-refractivity contribution in [3.63, 3.8) is 0 Å². The second-order valence-electron chi connectivity index (χ2n) is 39.0. The summed E-state index contributed by atoms with van der Waals surface area (Å²) >= 11 is 0. The van der Waals surface area contributed by atoms with Gasteiger partial charge in [-0.15, -0.1) is 24.0 Å². The van der Waals surface area contributed by atoms with Gasteiger partial charge in [0.1, 0.15) is 51.3 Å². The number of carboxylic acid groups (broad SMARTS) is 1. The Morgan fingerprint density at radius 2 is 0.864 bits per heavy atom. The van der Waals surface area contributed by atoms with Crippen LogP contribution in [-0.2, 0) is 125 Å². The van der Waals surface area contributed by atoms with E-state index in [1.165, 1.54) is 50.2 Å². The number of nitrogens with one attached hydrogen (secondary N) is 14. The number of aromatic nitrogens is 2. The second kappa shape index (κ2) is 57.2. The SMILES string of the molecule is CCCN.CC[C@H](C)[C@@H]1NC(=O)CNC(=O)C2CC(=O)[C@H]([C@@H](C)[C@@H](O)CO)NC(=O)[C@@H]3CC(O)CN3C(=O)[C@H](CC(=O)NCCCCCCNC(=O)OC(C)(C)C)CC(=O)C(C[S@@](=O)c3[nH]c4cc(O)ccc4c3C2)NC(=O)CNC1=O.CC[C@H](C)[C@@H]1NC(=O)CNC(=O)C2CC(=O)[C@H]([C@@H](C)[C@@H](O)CO)NC(=O)[C@@H]3CC(O)CN3C(=O)[C@H](CC(=O)O)CC(=O)C(C[S@@](=O)c3[nH]c4cc(O)ccc4c3C2)NC(=O)CNC1=O.I. The van der Waals surface area contributed by atoms with Gasteiger partial charge in [0.2, 0.25) is 76.8 Å². The Balaban J connectivity index is 0.000000388. The first kappa shape index (κ1) is 122. The van der Waals surface area contributed by atoms with Crippen molar-refractivity contribution >= 4 is 179 Å². The average Bonchev–Trinajstić information content (AvgIpc) is 1.86. The third-order valence-electron chi connectivity index (χ3n) is 26.6. The van der Waals surface area contributed by atoms with Crippen molar-refractivity contribution in [1.82, 2.24) is 83.6 Å². The Hall–Kier alpha value is -11.6. The van der Waals surface area contributed by atoms with Crippen LogP contribution in [0.2, 0.25) is 0 Å². The molecule has 2 saturated heterocycles. The van der Waals surface area contributed by atoms with Crippen molar-refractivity contribution in [2.45, 2.75) is 267 Å². The number of unbranched alkanes of at least 4 members (excludes halogenated alkanes) is 3. The molecule has 22 atom stereocenters. The second-order valence-corrected chi connectivity index (χ2v) is 41.8. The molecule has 0 saturated carbocycles. The number of hydrogen-bond donors (Lipinski definition) is 24. The molecule has 6 aliphatic rings. The number of halogens is 1. The molecule has 816 valence electrons. The van der Waals surface area contributed by atoms with Gasteiger partial charge in [-0.25, -0.2) is 4.79 Å². The topological polar surface area (TPSA) is 758 Å². The molecule has 0 aliphatic carbocycles. The number of nitrogens with zero attached hydrogens (tertiary/aromatic N) is 2. The van der Waals surface area contributed by atoms with E-state index < -0.39 is 381 Å². The first-order valence-corrected chi connectivity index (χ1v) is 51.7. The van der Waals surface area contributed by atoms with Crippen molar-refractivity contribution in [1.29, 1.82) is 0 Å². The number of phenols is 2. The number of alkyl carbamates (subject to hydrolysis) is 1. The van der Waals surface area contributed by atoms with Gasteiger partial charge in [0.05, 0.1) is 150 Å². The number of carbonyl (C=O) groups excluding carboxylic acids is 18. The van der Waals surface area contributed by atoms with Crippen LogP contribution in [0.15, 0.2) is 46.5 Å². The summed E-state index contributed by atoms with van der Waals surface area (Å²) in [7, 11) is -4.68. The number of aliphatic hydroxyl groups excluding tert-OH is 6. The molecule has 4 aromatic rings. The molecule has 0 spiro atoms. The standard InChI is InChI=1S/C52H77N9O16S.C41H55N7O15S.C3H9N.HI/c1-7-27(2)44-48(73)56-22-42(69)57-36-26-78(76)49-34(33-13-12-31(63)20-35(33)58-49)16-29(46(71)55-23-43(70)59-44)17-39(66)45(28(3)40(67)25-62)60-47(72)37-21-32(64)24-61(37)50(74)30(18-38(36)65)19-41(68)53-14-10-8-9-11-15-54-51(75)77-52(4,5)6;1-4-18(2)35-39(61)43-13-32(55)44-27-17-64(63)40-25(24-6-5-22(50)11-26(24)45-40)7-20(37(59)42-14-33(56)46-35)8-30(53)36(19(3)31(54)16-49)47-38(60)28-12-23(51)15-48(28)41(62)21(9-29(27)52)10-34(57)58;1-2-3-4;/h12-13,20,27-30,32,36-37,40,44-45,58,62-64,67H,7-11,14-19,21-26H2,1-6H3,(H,53,68)(H,54,75)(H,55,71)(H,56,73)(H,57,69)(H,59,70)(H,60,72);5-6,11,18-21,23,27-28,31,35-36,45,49-51,54H,4,7-10,12-17H2,1-3H3,(H,42,59)(H,43,61)(H,44,55)(H,46,56)(H,47,60)(H,57,58);2-4H2,1H3;1H/t27-,28-,29?,30-,32?,36?,37-,40-,44-,45-,78+;18-,19-,20?,21-,23?,27?,28-,31-,35-,36-,64+;;/m00../s1. The highest BCUT2D eigenvalue weighted by atomic mass is 127. The quantitative estimate of drug-likeness (QED) is 0.0272. The summed E-state index contributed by atoms with van der Waals surface area (Å²) in [4.78, 5) is 272. The number of aromatic hydroxyl groups is 2. The number of amides is 14. The van der Waals surface area contributed by atoms with E-state index in [9.17, 15) is 145 Å². The molecular weight excluding hydrogens is 2080 g/mol. The summed E-state index contributed by atoms with van der Waals surface area (Å²) in [5.41, 5.74) is 5.09. The minimum Gasteiger partial charge on any atom is -0.508 e. The van der Waals surface area contributed by atoms with Crippen LogP contribution in [0.25, 0.3) is 21.8 Å². The van der Waals surface area contributed by atoms with Crippen LogP contribution in [0.5, 0.6) is 11.5 Å². The van der Waals surface area contributed by atoms with Gasteiger partial charge >= 0.3 is 12.1 Å². The van der Waals surface area contributed by atoms with Gasteiger partial charge in [-0.1, -0.05) is 74.1 Å².